The molecule has 1 aromatic heterocycles. The van der Waals surface area contributed by atoms with Crippen LogP contribution in [0.3, 0.4) is 0 Å². The van der Waals surface area contributed by atoms with E-state index in [9.17, 15) is 9.59 Å². The van der Waals surface area contributed by atoms with Gasteiger partial charge in [-0.15, -0.1) is 5.10 Å². The Hall–Kier alpha value is -2.42. The molecule has 0 saturated heterocycles. The van der Waals surface area contributed by atoms with Gasteiger partial charge in [-0.1, -0.05) is 17.8 Å². The molecule has 0 bridgehead atoms. The van der Waals surface area contributed by atoms with Crippen LogP contribution < -0.4 is 5.32 Å². The number of hydrogen-bond donors (Lipinski definition) is 1. The number of hydrogen-bond acceptors (Lipinski definition) is 7. The number of methoxy groups -OCH3 is 1. The molecule has 0 saturated carbocycles. The van der Waals surface area contributed by atoms with Crippen molar-refractivity contribution in [2.24, 2.45) is 0 Å². The van der Waals surface area contributed by atoms with Gasteiger partial charge in [-0.05, 0) is 54.0 Å². The minimum Gasteiger partial charge on any atom is -0.469 e. The van der Waals surface area contributed by atoms with Gasteiger partial charge < -0.3 is 10.1 Å². The fourth-order valence-electron chi connectivity index (χ4n) is 2.03. The van der Waals surface area contributed by atoms with Gasteiger partial charge in [0.25, 0.3) is 0 Å². The summed E-state index contributed by atoms with van der Waals surface area (Å²) in [7, 11) is 1.34. The molecule has 8 nitrogen and oxygen atoms in total. The molecule has 134 valence electrons. The summed E-state index contributed by atoms with van der Waals surface area (Å²) in [4.78, 5) is 22.9. The molecule has 0 aliphatic carbocycles. The zero-order valence-corrected chi connectivity index (χ0v) is 15.3. The smallest absolute Gasteiger partial charge is 0.305 e. The van der Waals surface area contributed by atoms with Gasteiger partial charge in [-0.25, -0.2) is 0 Å². The SMILES string of the molecule is COC(=O)CCCNC(=O)CSc1nnnn1-c1ccc(C)c(C)c1. The minimum absolute atomic E-state index is 0.135. The molecule has 9 heteroatoms. The second kappa shape index (κ2) is 9.16. The Morgan fingerprint density at radius 1 is 1.28 bits per heavy atom. The van der Waals surface area contributed by atoms with Crippen molar-refractivity contribution < 1.29 is 14.3 Å². The molecule has 1 N–H and O–H groups in total. The predicted octanol–water partition coefficient (Wildman–Crippen LogP) is 1.44. The lowest BCUT2D eigenvalue weighted by Gasteiger charge is -2.07. The molecule has 2 aromatic rings. The molecule has 0 unspecified atom stereocenters. The first kappa shape index (κ1) is 18.9. The van der Waals surface area contributed by atoms with Crippen molar-refractivity contribution in [1.29, 1.82) is 0 Å². The maximum Gasteiger partial charge on any atom is 0.305 e. The van der Waals surface area contributed by atoms with Crippen molar-refractivity contribution in [3.8, 4) is 5.69 Å². The number of amides is 1. The second-order valence-electron chi connectivity index (χ2n) is 5.46. The summed E-state index contributed by atoms with van der Waals surface area (Å²) in [5.41, 5.74) is 3.19. The van der Waals surface area contributed by atoms with E-state index in [0.717, 1.165) is 11.3 Å². The van der Waals surface area contributed by atoms with Crippen molar-refractivity contribution in [2.75, 3.05) is 19.4 Å². The van der Waals surface area contributed by atoms with Crippen molar-refractivity contribution in [3.05, 3.63) is 29.3 Å². The number of rotatable bonds is 8. The van der Waals surface area contributed by atoms with Crippen LogP contribution in [0, 0.1) is 13.8 Å². The molecule has 0 radical (unpaired) electrons. The molecular weight excluding hydrogens is 342 g/mol. The van der Waals surface area contributed by atoms with Crippen molar-refractivity contribution in [3.63, 3.8) is 0 Å². The Labute approximate surface area is 150 Å². The van der Waals surface area contributed by atoms with E-state index < -0.39 is 0 Å². The molecule has 0 atom stereocenters. The number of carbonyl (C=O) groups excluding carboxylic acids is 2. The second-order valence-corrected chi connectivity index (χ2v) is 6.40. The van der Waals surface area contributed by atoms with Crippen LogP contribution in [0.1, 0.15) is 24.0 Å². The third kappa shape index (κ3) is 5.56. The summed E-state index contributed by atoms with van der Waals surface area (Å²) in [6, 6.07) is 5.95. The lowest BCUT2D eigenvalue weighted by atomic mass is 10.1. The largest absolute Gasteiger partial charge is 0.469 e. The van der Waals surface area contributed by atoms with Crippen molar-refractivity contribution >= 4 is 23.6 Å². The Morgan fingerprint density at radius 3 is 2.80 bits per heavy atom. The van der Waals surface area contributed by atoms with Crippen LogP contribution in [0.4, 0.5) is 0 Å². The van der Waals surface area contributed by atoms with Crippen LogP contribution in [0.15, 0.2) is 23.4 Å². The molecular formula is C16H21N5O3S. The number of aromatic nitrogens is 4. The first-order valence-electron chi connectivity index (χ1n) is 7.83. The summed E-state index contributed by atoms with van der Waals surface area (Å²) < 4.78 is 6.16. The van der Waals surface area contributed by atoms with Crippen LogP contribution >= 0.6 is 11.8 Å². The summed E-state index contributed by atoms with van der Waals surface area (Å²) in [6.07, 6.45) is 0.832. The maximum atomic E-state index is 11.9. The average molecular weight is 363 g/mol. The van der Waals surface area contributed by atoms with Crippen LogP contribution in [0.25, 0.3) is 5.69 Å². The summed E-state index contributed by atoms with van der Waals surface area (Å²) >= 11 is 1.26. The lowest BCUT2D eigenvalue weighted by Crippen LogP contribution is -2.26. The molecule has 0 fully saturated rings. The normalized spacial score (nSPS) is 10.5. The first-order chi connectivity index (χ1) is 12.0. The van der Waals surface area contributed by atoms with Crippen LogP contribution in [-0.4, -0.2) is 51.5 Å². The van der Waals surface area contributed by atoms with Crippen molar-refractivity contribution in [2.45, 2.75) is 31.8 Å². The van der Waals surface area contributed by atoms with Gasteiger partial charge in [-0.2, -0.15) is 4.68 Å². The number of benzene rings is 1. The van der Waals surface area contributed by atoms with E-state index in [-0.39, 0.29) is 24.1 Å². The number of thioether (sulfide) groups is 1. The fraction of sp³-hybridized carbons (Fsp3) is 0.438. The first-order valence-corrected chi connectivity index (χ1v) is 8.82. The molecule has 0 aliphatic heterocycles. The Bertz CT molecular complexity index is 747. The van der Waals surface area contributed by atoms with Gasteiger partial charge in [0, 0.05) is 13.0 Å². The number of aryl methyl sites for hydroxylation is 2. The minimum atomic E-state index is -0.281. The number of nitrogens with zero attached hydrogens (tertiary/aromatic N) is 4. The Balaban J connectivity index is 1.85. The van der Waals surface area contributed by atoms with Gasteiger partial charge in [0.2, 0.25) is 11.1 Å². The number of carbonyl (C=O) groups is 2. The third-order valence-electron chi connectivity index (χ3n) is 3.62. The topological polar surface area (TPSA) is 99.0 Å². The number of esters is 1. The molecule has 1 heterocycles. The highest BCUT2D eigenvalue weighted by atomic mass is 32.2. The quantitative estimate of drug-likeness (QED) is 0.430. The van der Waals surface area contributed by atoms with Crippen LogP contribution in [0.2, 0.25) is 0 Å². The number of ether oxygens (including phenoxy) is 1. The Kier molecular flexibility index (Phi) is 6.93. The summed E-state index contributed by atoms with van der Waals surface area (Å²) in [5.74, 6) is -0.218. The van der Waals surface area contributed by atoms with Gasteiger partial charge in [0.05, 0.1) is 18.6 Å². The number of nitrogens with one attached hydrogen (secondary N) is 1. The highest BCUT2D eigenvalue weighted by Gasteiger charge is 2.12. The maximum absolute atomic E-state index is 11.9. The summed E-state index contributed by atoms with van der Waals surface area (Å²) in [6.45, 7) is 4.49. The standard InChI is InChI=1S/C16H21N5O3S/c1-11-6-7-13(9-12(11)2)21-16(18-19-20-21)25-10-14(22)17-8-4-5-15(23)24-3/h6-7,9H,4-5,8,10H2,1-3H3,(H,17,22). The zero-order valence-electron chi connectivity index (χ0n) is 14.5. The van der Waals surface area contributed by atoms with Gasteiger partial charge in [0.15, 0.2) is 0 Å². The predicted molar refractivity (Wildman–Crippen MR) is 93.6 cm³/mol. The highest BCUT2D eigenvalue weighted by Crippen LogP contribution is 2.19. The highest BCUT2D eigenvalue weighted by molar-refractivity contribution is 7.99. The van der Waals surface area contributed by atoms with Crippen LogP contribution in [-0.2, 0) is 14.3 Å². The van der Waals surface area contributed by atoms with Gasteiger partial charge in [0.1, 0.15) is 0 Å². The van der Waals surface area contributed by atoms with Gasteiger partial charge in [-0.3, -0.25) is 9.59 Å². The molecule has 1 amide bonds. The fourth-order valence-corrected chi connectivity index (χ4v) is 2.75. The van der Waals surface area contributed by atoms with E-state index >= 15 is 0 Å². The van der Waals surface area contributed by atoms with Gasteiger partial charge >= 0.3 is 5.97 Å². The van der Waals surface area contributed by atoms with E-state index in [4.69, 9.17) is 0 Å². The van der Waals surface area contributed by atoms with E-state index in [0.29, 0.717) is 18.1 Å². The van der Waals surface area contributed by atoms with E-state index in [1.54, 1.807) is 4.68 Å². The molecule has 0 spiro atoms. The van der Waals surface area contributed by atoms with E-state index in [2.05, 4.69) is 25.6 Å². The molecule has 2 rings (SSSR count). The monoisotopic (exact) mass is 363 g/mol. The zero-order chi connectivity index (χ0) is 18.2. The lowest BCUT2D eigenvalue weighted by molar-refractivity contribution is -0.140. The molecule has 0 aliphatic rings. The van der Waals surface area contributed by atoms with Crippen molar-refractivity contribution in [1.82, 2.24) is 25.5 Å². The summed E-state index contributed by atoms with van der Waals surface area (Å²) in [5, 5.41) is 15.0. The van der Waals surface area contributed by atoms with E-state index in [1.807, 2.05) is 32.0 Å². The molecule has 1 aromatic carbocycles. The number of tetrazole rings is 1. The molecule has 25 heavy (non-hydrogen) atoms. The van der Waals surface area contributed by atoms with Crippen LogP contribution in [0.5, 0.6) is 0 Å². The third-order valence-corrected chi connectivity index (χ3v) is 4.54. The average Bonchev–Trinajstić information content (AvgIpc) is 3.07. The Morgan fingerprint density at radius 2 is 2.08 bits per heavy atom. The van der Waals surface area contributed by atoms with E-state index in [1.165, 1.54) is 24.4 Å².